The number of sulfonamides is 1. The predicted molar refractivity (Wildman–Crippen MR) is 203 cm³/mol. The van der Waals surface area contributed by atoms with E-state index in [-0.39, 0.29) is 33.2 Å². The van der Waals surface area contributed by atoms with Gasteiger partial charge in [0.05, 0.1) is 21.7 Å². The Morgan fingerprint density at radius 2 is 1.40 bits per heavy atom. The van der Waals surface area contributed by atoms with Crippen LogP contribution in [0.2, 0.25) is 0 Å². The zero-order chi connectivity index (χ0) is 37.7. The minimum atomic E-state index is -4.12. The molecule has 0 saturated heterocycles. The van der Waals surface area contributed by atoms with Crippen LogP contribution in [0.15, 0.2) is 107 Å². The van der Waals surface area contributed by atoms with Crippen LogP contribution in [0, 0.1) is 4.91 Å². The summed E-state index contributed by atoms with van der Waals surface area (Å²) in [6, 6.07) is 25.2. The second kappa shape index (κ2) is 15.7. The normalized spacial score (nSPS) is 12.3. The highest BCUT2D eigenvalue weighted by atomic mass is 32.2. The first-order valence-corrected chi connectivity index (χ1v) is 19.0. The van der Waals surface area contributed by atoms with Gasteiger partial charge < -0.3 is 15.7 Å². The van der Waals surface area contributed by atoms with Crippen molar-refractivity contribution >= 4 is 61.4 Å². The molecule has 1 aromatic heterocycles. The van der Waals surface area contributed by atoms with E-state index in [0.717, 1.165) is 45.1 Å². The zero-order valence-electron chi connectivity index (χ0n) is 28.5. The second-order valence-corrected chi connectivity index (χ2v) is 15.5. The molecule has 0 bridgehead atoms. The van der Waals surface area contributed by atoms with E-state index in [4.69, 9.17) is 0 Å². The summed E-state index contributed by atoms with van der Waals surface area (Å²) in [6.45, 7) is 0. The maximum Gasteiger partial charge on any atom is 0.335 e. The molecule has 0 fully saturated rings. The highest BCUT2D eigenvalue weighted by Gasteiger charge is 2.28. The number of carbonyl (C=O) groups excluding carboxylic acids is 3. The molecule has 3 amide bonds. The fourth-order valence-corrected chi connectivity index (χ4v) is 8.61. The maximum atomic E-state index is 13.8. The molecule has 3 N–H and O–H groups in total. The molecule has 0 unspecified atom stereocenters. The summed E-state index contributed by atoms with van der Waals surface area (Å²) in [4.78, 5) is 61.5. The van der Waals surface area contributed by atoms with E-state index in [1.807, 2.05) is 24.3 Å². The lowest BCUT2D eigenvalue weighted by atomic mass is 9.95. The van der Waals surface area contributed by atoms with Crippen LogP contribution in [-0.4, -0.2) is 44.3 Å². The van der Waals surface area contributed by atoms with Gasteiger partial charge in [0, 0.05) is 33.9 Å². The Balaban J connectivity index is 1.15. The van der Waals surface area contributed by atoms with E-state index >= 15 is 0 Å². The molecule has 6 rings (SSSR count). The average Bonchev–Trinajstić information content (AvgIpc) is 3.55. The van der Waals surface area contributed by atoms with Gasteiger partial charge in [0.25, 0.3) is 21.8 Å². The average molecular weight is 751 g/mol. The number of carboxylic acid groups (broad SMARTS) is 1. The van der Waals surface area contributed by atoms with Gasteiger partial charge in [-0.05, 0) is 122 Å². The van der Waals surface area contributed by atoms with Gasteiger partial charge in [0.15, 0.2) is 0 Å². The monoisotopic (exact) mass is 750 g/mol. The largest absolute Gasteiger partial charge is 0.478 e. The first kappa shape index (κ1) is 36.8. The third kappa shape index (κ3) is 8.24. The molecule has 0 radical (unpaired) electrons. The van der Waals surface area contributed by atoms with Gasteiger partial charge >= 0.3 is 11.9 Å². The number of fused-ring (bicyclic) bond motifs is 1. The molecule has 0 saturated carbocycles. The fraction of sp³-hybridized carbons (Fsp3) is 0.179. The van der Waals surface area contributed by atoms with Crippen LogP contribution >= 0.6 is 11.3 Å². The molecule has 0 spiro atoms. The van der Waals surface area contributed by atoms with Crippen LogP contribution in [0.3, 0.4) is 0 Å². The van der Waals surface area contributed by atoms with Crippen molar-refractivity contribution in [2.24, 2.45) is 5.18 Å². The number of hydrogen-bond acceptors (Lipinski definition) is 8. The van der Waals surface area contributed by atoms with Gasteiger partial charge in [-0.2, -0.15) is 0 Å². The number of hydrogen-bond donors (Lipinski definition) is 3. The zero-order valence-corrected chi connectivity index (χ0v) is 30.1. The molecular weight excluding hydrogens is 717 g/mol. The number of carbonyl (C=O) groups is 4. The lowest BCUT2D eigenvalue weighted by Gasteiger charge is -2.20. The van der Waals surface area contributed by atoms with Gasteiger partial charge in [0.1, 0.15) is 5.00 Å². The summed E-state index contributed by atoms with van der Waals surface area (Å²) in [5.74, 6) is -2.88. The van der Waals surface area contributed by atoms with E-state index in [1.54, 1.807) is 24.3 Å². The molecule has 12 nitrogen and oxygen atoms in total. The van der Waals surface area contributed by atoms with Crippen LogP contribution in [0.25, 0.3) is 0 Å². The van der Waals surface area contributed by atoms with E-state index < -0.39 is 27.8 Å². The van der Waals surface area contributed by atoms with Crippen molar-refractivity contribution in [3.05, 3.63) is 146 Å². The summed E-state index contributed by atoms with van der Waals surface area (Å²) < 4.78 is 28.0. The number of anilines is 3. The SMILES string of the molecule is CN(c1ccc(C(=O)O)cc1)S(=O)(=O)c1cccc(C(=O)Nc2sc3c(c2C(=O)Nc2ccc(CCc4ccc(C(=O)N=O)cc4)cc2)CCCC3)c1. The van der Waals surface area contributed by atoms with Crippen LogP contribution in [-0.2, 0) is 35.7 Å². The van der Waals surface area contributed by atoms with E-state index in [0.29, 0.717) is 35.5 Å². The van der Waals surface area contributed by atoms with Gasteiger partial charge in [0.2, 0.25) is 0 Å². The number of benzene rings is 4. The summed E-state index contributed by atoms with van der Waals surface area (Å²) >= 11 is 1.35. The number of thiophene rings is 1. The number of carboxylic acids is 1. The first-order valence-electron chi connectivity index (χ1n) is 16.7. The molecule has 270 valence electrons. The molecule has 5 aromatic rings. The summed E-state index contributed by atoms with van der Waals surface area (Å²) in [7, 11) is -2.78. The fourth-order valence-electron chi connectivity index (χ4n) is 6.08. The number of amides is 3. The van der Waals surface area contributed by atoms with Gasteiger partial charge in [-0.15, -0.1) is 16.2 Å². The molecule has 14 heteroatoms. The van der Waals surface area contributed by atoms with E-state index in [2.05, 4.69) is 15.8 Å². The van der Waals surface area contributed by atoms with Crippen molar-refractivity contribution < 1.29 is 32.7 Å². The molecule has 4 aromatic carbocycles. The topological polar surface area (TPSA) is 179 Å². The summed E-state index contributed by atoms with van der Waals surface area (Å²) in [6.07, 6.45) is 4.76. The van der Waals surface area contributed by atoms with E-state index in [9.17, 15) is 37.6 Å². The molecule has 0 aliphatic heterocycles. The third-order valence-electron chi connectivity index (χ3n) is 9.06. The third-order valence-corrected chi connectivity index (χ3v) is 12.0. The van der Waals surface area contributed by atoms with Crippen LogP contribution in [0.5, 0.6) is 0 Å². The Hall–Kier alpha value is -5.99. The second-order valence-electron chi connectivity index (χ2n) is 12.5. The van der Waals surface area contributed by atoms with Crippen molar-refractivity contribution in [1.29, 1.82) is 0 Å². The van der Waals surface area contributed by atoms with Gasteiger partial charge in [-0.25, -0.2) is 13.2 Å². The summed E-state index contributed by atoms with van der Waals surface area (Å²) in [5.41, 5.74) is 4.48. The number of rotatable bonds is 12. The van der Waals surface area contributed by atoms with Crippen molar-refractivity contribution in [3.63, 3.8) is 0 Å². The minimum Gasteiger partial charge on any atom is -0.478 e. The Labute approximate surface area is 309 Å². The smallest absolute Gasteiger partial charge is 0.335 e. The van der Waals surface area contributed by atoms with Crippen molar-refractivity contribution in [2.45, 2.75) is 43.4 Å². The van der Waals surface area contributed by atoms with Crippen molar-refractivity contribution in [3.8, 4) is 0 Å². The highest BCUT2D eigenvalue weighted by molar-refractivity contribution is 7.92. The lowest BCUT2D eigenvalue weighted by molar-refractivity contribution is 0.0696. The molecule has 1 heterocycles. The molecule has 1 aliphatic rings. The van der Waals surface area contributed by atoms with Gasteiger partial charge in [-0.3, -0.25) is 18.7 Å². The number of aromatic carboxylic acids is 1. The number of nitrogens with one attached hydrogen (secondary N) is 2. The minimum absolute atomic E-state index is 0.0160. The van der Waals surface area contributed by atoms with Crippen molar-refractivity contribution in [2.75, 3.05) is 22.0 Å². The maximum absolute atomic E-state index is 13.8. The standard InChI is InChI=1S/C39H34N4O8S2/c1-43(30-21-17-27(18-22-30)39(47)48)53(50,51)31-6-4-5-28(23-31)35(44)41-38-34(32-7-2-3-8-33(32)52-38)37(46)40-29-19-13-25(14-20-29)10-9-24-11-15-26(16-12-24)36(45)42-49/h4-6,11-23H,2-3,7-10H2,1H3,(H,40,46)(H,41,44)(H,47,48). The van der Waals surface area contributed by atoms with E-state index in [1.165, 1.54) is 66.9 Å². The Kier molecular flexibility index (Phi) is 10.9. The number of nitroso groups, excluding NO2 is 1. The summed E-state index contributed by atoms with van der Waals surface area (Å²) in [5, 5.41) is 17.8. The van der Waals surface area contributed by atoms with Crippen molar-refractivity contribution in [1.82, 2.24) is 0 Å². The highest BCUT2D eigenvalue weighted by Crippen LogP contribution is 2.39. The van der Waals surface area contributed by atoms with Crippen LogP contribution < -0.4 is 14.9 Å². The lowest BCUT2D eigenvalue weighted by Crippen LogP contribution is -2.27. The Bertz CT molecular complexity index is 2320. The van der Waals surface area contributed by atoms with Gasteiger partial charge in [-0.1, -0.05) is 30.3 Å². The van der Waals surface area contributed by atoms with Crippen LogP contribution in [0.1, 0.15) is 75.8 Å². The quantitative estimate of drug-likeness (QED) is 0.111. The Morgan fingerprint density at radius 3 is 2.04 bits per heavy atom. The molecule has 53 heavy (non-hydrogen) atoms. The number of aryl methyl sites for hydroxylation is 3. The first-order chi connectivity index (χ1) is 25.4. The molecule has 1 aliphatic carbocycles. The number of nitrogens with zero attached hydrogens (tertiary/aromatic N) is 2. The van der Waals surface area contributed by atoms with Crippen LogP contribution in [0.4, 0.5) is 16.4 Å². The Morgan fingerprint density at radius 1 is 0.774 bits per heavy atom. The molecular formula is C39H34N4O8S2. The predicted octanol–water partition coefficient (Wildman–Crippen LogP) is 7.35. The molecule has 0 atom stereocenters.